The maximum absolute atomic E-state index is 9.08. The van der Waals surface area contributed by atoms with Crippen LogP contribution in [0.15, 0.2) is 24.3 Å². The monoisotopic (exact) mass is 221 g/mol. The zero-order valence-corrected chi connectivity index (χ0v) is 9.72. The number of aliphatic hydroxyl groups excluding tert-OH is 1. The standard InChI is InChI=1S/C13H19NO2/c1-16-13-4-2-12(3-5-13)14-8-6-11(10-15)7-9-14/h2-5,11,15H,6-10H2,1H3. The average Bonchev–Trinajstić information content (AvgIpc) is 2.39. The van der Waals surface area contributed by atoms with E-state index in [0.29, 0.717) is 12.5 Å². The maximum atomic E-state index is 9.08. The SMILES string of the molecule is COc1ccc(N2CCC(CO)CC2)cc1. The summed E-state index contributed by atoms with van der Waals surface area (Å²) in [5, 5.41) is 9.08. The van der Waals surface area contributed by atoms with E-state index >= 15 is 0 Å². The van der Waals surface area contributed by atoms with Crippen molar-refractivity contribution in [1.82, 2.24) is 0 Å². The lowest BCUT2D eigenvalue weighted by Crippen LogP contribution is -2.34. The summed E-state index contributed by atoms with van der Waals surface area (Å²) in [6.45, 7) is 2.41. The fourth-order valence-corrected chi connectivity index (χ4v) is 2.17. The number of rotatable bonds is 3. The van der Waals surface area contributed by atoms with Crippen molar-refractivity contribution in [1.29, 1.82) is 0 Å². The number of benzene rings is 1. The molecule has 0 unspecified atom stereocenters. The van der Waals surface area contributed by atoms with Crippen molar-refractivity contribution in [2.24, 2.45) is 5.92 Å². The van der Waals surface area contributed by atoms with Crippen molar-refractivity contribution in [2.45, 2.75) is 12.8 Å². The molecule has 1 aliphatic heterocycles. The third-order valence-electron chi connectivity index (χ3n) is 3.31. The number of methoxy groups -OCH3 is 1. The highest BCUT2D eigenvalue weighted by Crippen LogP contribution is 2.24. The largest absolute Gasteiger partial charge is 0.497 e. The molecule has 0 aliphatic carbocycles. The smallest absolute Gasteiger partial charge is 0.119 e. The molecule has 0 saturated carbocycles. The van der Waals surface area contributed by atoms with Gasteiger partial charge in [-0.25, -0.2) is 0 Å². The fourth-order valence-electron chi connectivity index (χ4n) is 2.17. The van der Waals surface area contributed by atoms with E-state index in [1.807, 2.05) is 12.1 Å². The van der Waals surface area contributed by atoms with Crippen LogP contribution in [0.3, 0.4) is 0 Å². The predicted molar refractivity (Wildman–Crippen MR) is 65.0 cm³/mol. The first kappa shape index (κ1) is 11.3. The minimum absolute atomic E-state index is 0.330. The van der Waals surface area contributed by atoms with Gasteiger partial charge in [0, 0.05) is 25.4 Å². The van der Waals surface area contributed by atoms with Gasteiger partial charge in [-0.1, -0.05) is 0 Å². The predicted octanol–water partition coefficient (Wildman–Crippen LogP) is 1.90. The van der Waals surface area contributed by atoms with E-state index in [4.69, 9.17) is 9.84 Å². The number of anilines is 1. The summed E-state index contributed by atoms with van der Waals surface area (Å²) in [5.41, 5.74) is 1.25. The summed E-state index contributed by atoms with van der Waals surface area (Å²) in [5.74, 6) is 1.39. The van der Waals surface area contributed by atoms with Crippen LogP contribution in [0.25, 0.3) is 0 Å². The molecule has 0 amide bonds. The van der Waals surface area contributed by atoms with Crippen LogP contribution in [-0.2, 0) is 0 Å². The quantitative estimate of drug-likeness (QED) is 0.846. The van der Waals surface area contributed by atoms with E-state index in [-0.39, 0.29) is 0 Å². The Morgan fingerprint density at radius 1 is 1.25 bits per heavy atom. The Balaban J connectivity index is 1.97. The van der Waals surface area contributed by atoms with Gasteiger partial charge in [0.05, 0.1) is 7.11 Å². The highest BCUT2D eigenvalue weighted by Gasteiger charge is 2.18. The molecular weight excluding hydrogens is 202 g/mol. The summed E-state index contributed by atoms with van der Waals surface area (Å²) in [7, 11) is 1.68. The van der Waals surface area contributed by atoms with Crippen LogP contribution in [0.4, 0.5) is 5.69 Å². The van der Waals surface area contributed by atoms with Gasteiger partial charge in [-0.2, -0.15) is 0 Å². The van der Waals surface area contributed by atoms with Gasteiger partial charge < -0.3 is 14.7 Å². The topological polar surface area (TPSA) is 32.7 Å². The number of ether oxygens (including phenoxy) is 1. The molecule has 16 heavy (non-hydrogen) atoms. The van der Waals surface area contributed by atoms with E-state index in [2.05, 4.69) is 17.0 Å². The first-order chi connectivity index (χ1) is 7.83. The minimum atomic E-state index is 0.330. The maximum Gasteiger partial charge on any atom is 0.119 e. The van der Waals surface area contributed by atoms with Crippen LogP contribution in [0.1, 0.15) is 12.8 Å². The molecule has 0 bridgehead atoms. The van der Waals surface area contributed by atoms with Gasteiger partial charge >= 0.3 is 0 Å². The van der Waals surface area contributed by atoms with Gasteiger partial charge in [0.1, 0.15) is 5.75 Å². The first-order valence-electron chi connectivity index (χ1n) is 5.83. The van der Waals surface area contributed by atoms with Crippen molar-refractivity contribution in [3.63, 3.8) is 0 Å². The highest BCUT2D eigenvalue weighted by molar-refractivity contribution is 5.49. The van der Waals surface area contributed by atoms with Gasteiger partial charge in [0.15, 0.2) is 0 Å². The van der Waals surface area contributed by atoms with Crippen LogP contribution in [0.2, 0.25) is 0 Å². The van der Waals surface area contributed by atoms with Crippen molar-refractivity contribution >= 4 is 5.69 Å². The third kappa shape index (κ3) is 2.47. The van der Waals surface area contributed by atoms with Crippen molar-refractivity contribution in [3.8, 4) is 5.75 Å². The Morgan fingerprint density at radius 2 is 1.88 bits per heavy atom. The van der Waals surface area contributed by atoms with Crippen molar-refractivity contribution in [3.05, 3.63) is 24.3 Å². The van der Waals surface area contributed by atoms with Gasteiger partial charge in [0.2, 0.25) is 0 Å². The molecule has 1 saturated heterocycles. The second-order valence-electron chi connectivity index (χ2n) is 4.31. The molecule has 1 aromatic carbocycles. The van der Waals surface area contributed by atoms with E-state index in [9.17, 15) is 0 Å². The molecule has 1 fully saturated rings. The molecule has 0 atom stereocenters. The summed E-state index contributed by atoms with van der Waals surface area (Å²) < 4.78 is 5.14. The molecule has 1 aromatic rings. The number of hydrogen-bond donors (Lipinski definition) is 1. The van der Waals surface area contributed by atoms with Crippen LogP contribution >= 0.6 is 0 Å². The Bertz CT molecular complexity index is 315. The molecule has 1 heterocycles. The summed E-state index contributed by atoms with van der Waals surface area (Å²) >= 11 is 0. The fraction of sp³-hybridized carbons (Fsp3) is 0.538. The number of nitrogens with zero attached hydrogens (tertiary/aromatic N) is 1. The summed E-state index contributed by atoms with van der Waals surface area (Å²) in [6.07, 6.45) is 2.17. The number of aliphatic hydroxyl groups is 1. The lowest BCUT2D eigenvalue weighted by atomic mass is 9.97. The molecule has 88 valence electrons. The zero-order valence-electron chi connectivity index (χ0n) is 9.72. The van der Waals surface area contributed by atoms with Crippen LogP contribution in [-0.4, -0.2) is 31.9 Å². The lowest BCUT2D eigenvalue weighted by molar-refractivity contribution is 0.203. The molecule has 0 spiro atoms. The third-order valence-corrected chi connectivity index (χ3v) is 3.31. The van der Waals surface area contributed by atoms with Crippen molar-refractivity contribution < 1.29 is 9.84 Å². The molecule has 0 radical (unpaired) electrons. The Kier molecular flexibility index (Phi) is 3.67. The zero-order chi connectivity index (χ0) is 11.4. The van der Waals surface area contributed by atoms with Crippen LogP contribution in [0, 0.1) is 5.92 Å². The normalized spacial score (nSPS) is 17.5. The van der Waals surface area contributed by atoms with Gasteiger partial charge in [0.25, 0.3) is 0 Å². The van der Waals surface area contributed by atoms with Crippen LogP contribution < -0.4 is 9.64 Å². The molecular formula is C13H19NO2. The van der Waals surface area contributed by atoms with E-state index in [1.165, 1.54) is 5.69 Å². The summed E-state index contributed by atoms with van der Waals surface area (Å²) in [6, 6.07) is 8.18. The van der Waals surface area contributed by atoms with E-state index in [1.54, 1.807) is 7.11 Å². The lowest BCUT2D eigenvalue weighted by Gasteiger charge is -2.32. The molecule has 1 aliphatic rings. The summed E-state index contributed by atoms with van der Waals surface area (Å²) in [4.78, 5) is 2.37. The molecule has 0 aromatic heterocycles. The molecule has 1 N–H and O–H groups in total. The van der Waals surface area contributed by atoms with Crippen molar-refractivity contribution in [2.75, 3.05) is 31.7 Å². The molecule has 3 nitrogen and oxygen atoms in total. The van der Waals surface area contributed by atoms with Gasteiger partial charge in [-0.3, -0.25) is 0 Å². The van der Waals surface area contributed by atoms with Crippen LogP contribution in [0.5, 0.6) is 5.75 Å². The van der Waals surface area contributed by atoms with E-state index in [0.717, 1.165) is 31.7 Å². The Labute approximate surface area is 96.6 Å². The number of piperidine rings is 1. The van der Waals surface area contributed by atoms with E-state index < -0.39 is 0 Å². The Morgan fingerprint density at radius 3 is 2.38 bits per heavy atom. The van der Waals surface area contributed by atoms with Gasteiger partial charge in [-0.05, 0) is 43.0 Å². The first-order valence-corrected chi connectivity index (χ1v) is 5.83. The van der Waals surface area contributed by atoms with Gasteiger partial charge in [-0.15, -0.1) is 0 Å². The molecule has 2 rings (SSSR count). The molecule has 3 heteroatoms. The number of hydrogen-bond acceptors (Lipinski definition) is 3. The highest BCUT2D eigenvalue weighted by atomic mass is 16.5. The minimum Gasteiger partial charge on any atom is -0.497 e. The second-order valence-corrected chi connectivity index (χ2v) is 4.31. The average molecular weight is 221 g/mol. The second kappa shape index (κ2) is 5.21. The Hall–Kier alpha value is -1.22.